The summed E-state index contributed by atoms with van der Waals surface area (Å²) in [6.45, 7) is 2.42. The monoisotopic (exact) mass is 345 g/mol. The van der Waals surface area contributed by atoms with E-state index in [9.17, 15) is 18.4 Å². The molecule has 130 valence electrons. The van der Waals surface area contributed by atoms with Crippen molar-refractivity contribution in [3.63, 3.8) is 0 Å². The second kappa shape index (κ2) is 7.01. The first-order chi connectivity index (χ1) is 12.0. The van der Waals surface area contributed by atoms with Crippen molar-refractivity contribution in [1.29, 1.82) is 0 Å². The summed E-state index contributed by atoms with van der Waals surface area (Å²) < 4.78 is 31.6. The Morgan fingerprint density at radius 3 is 2.56 bits per heavy atom. The molecule has 1 aliphatic rings. The van der Waals surface area contributed by atoms with Gasteiger partial charge in [0.2, 0.25) is 0 Å². The number of esters is 1. The molecule has 0 N–H and O–H groups in total. The van der Waals surface area contributed by atoms with Crippen molar-refractivity contribution in [1.82, 2.24) is 4.90 Å². The van der Waals surface area contributed by atoms with Crippen molar-refractivity contribution in [2.75, 3.05) is 6.54 Å². The first kappa shape index (κ1) is 17.1. The molecule has 1 heterocycles. The number of hydrogen-bond donors (Lipinski definition) is 0. The van der Waals surface area contributed by atoms with Gasteiger partial charge in [-0.25, -0.2) is 13.6 Å². The maximum absolute atomic E-state index is 13.6. The van der Waals surface area contributed by atoms with Crippen molar-refractivity contribution >= 4 is 11.9 Å². The number of fused-ring (bicyclic) bond motifs is 1. The smallest absolute Gasteiger partial charge is 0.341 e. The van der Waals surface area contributed by atoms with E-state index >= 15 is 0 Å². The highest BCUT2D eigenvalue weighted by Crippen LogP contribution is 2.20. The zero-order valence-electron chi connectivity index (χ0n) is 13.7. The summed E-state index contributed by atoms with van der Waals surface area (Å²) >= 11 is 0. The third kappa shape index (κ3) is 3.68. The number of benzene rings is 2. The fraction of sp³-hybridized carbons (Fsp3) is 0.263. The first-order valence-electron chi connectivity index (χ1n) is 7.97. The lowest BCUT2D eigenvalue weighted by molar-refractivity contribution is -0.140. The summed E-state index contributed by atoms with van der Waals surface area (Å²) in [7, 11) is 0. The number of hydrogen-bond acceptors (Lipinski definition) is 3. The van der Waals surface area contributed by atoms with Crippen molar-refractivity contribution in [2.45, 2.75) is 26.0 Å². The summed E-state index contributed by atoms with van der Waals surface area (Å²) in [5.74, 6) is -3.14. The van der Waals surface area contributed by atoms with E-state index in [4.69, 9.17) is 4.74 Å². The minimum atomic E-state index is -1.05. The fourth-order valence-electron chi connectivity index (χ4n) is 2.87. The Morgan fingerprint density at radius 1 is 1.12 bits per heavy atom. The van der Waals surface area contributed by atoms with Crippen molar-refractivity contribution in [3.8, 4) is 0 Å². The number of rotatable bonds is 3. The van der Waals surface area contributed by atoms with E-state index in [0.717, 1.165) is 24.1 Å². The molecule has 0 radical (unpaired) electrons. The van der Waals surface area contributed by atoms with Gasteiger partial charge in [-0.15, -0.1) is 0 Å². The summed E-state index contributed by atoms with van der Waals surface area (Å²) in [6, 6.07) is 10.4. The standard InChI is InChI=1S/C19H17F2NO3/c1-12(25-19(24)16-7-6-15(20)10-17(16)21)18(23)22-9-8-13-4-2-3-5-14(13)11-22/h2-7,10,12H,8-9,11H2,1H3. The van der Waals surface area contributed by atoms with Crippen molar-refractivity contribution in [3.05, 3.63) is 70.8 Å². The third-order valence-corrected chi connectivity index (χ3v) is 4.22. The molecule has 0 aromatic heterocycles. The van der Waals surface area contributed by atoms with Gasteiger partial charge in [0, 0.05) is 19.2 Å². The average Bonchev–Trinajstić information content (AvgIpc) is 2.60. The van der Waals surface area contributed by atoms with Gasteiger partial charge < -0.3 is 9.64 Å². The zero-order chi connectivity index (χ0) is 18.0. The highest BCUT2D eigenvalue weighted by Gasteiger charge is 2.28. The Bertz CT molecular complexity index is 822. The molecule has 3 rings (SSSR count). The van der Waals surface area contributed by atoms with Gasteiger partial charge in [0.05, 0.1) is 5.56 Å². The summed E-state index contributed by atoms with van der Waals surface area (Å²) in [5.41, 5.74) is 1.86. The molecule has 0 saturated carbocycles. The highest BCUT2D eigenvalue weighted by molar-refractivity contribution is 5.92. The highest BCUT2D eigenvalue weighted by atomic mass is 19.1. The molecular formula is C19H17F2NO3. The molecule has 4 nitrogen and oxygen atoms in total. The van der Waals surface area contributed by atoms with Crippen LogP contribution in [-0.2, 0) is 22.5 Å². The molecule has 0 fully saturated rings. The molecule has 0 spiro atoms. The molecule has 1 amide bonds. The van der Waals surface area contributed by atoms with Crippen LogP contribution in [0.5, 0.6) is 0 Å². The normalized spacial score (nSPS) is 14.6. The van der Waals surface area contributed by atoms with Crippen LogP contribution in [0.2, 0.25) is 0 Å². The van der Waals surface area contributed by atoms with E-state index in [1.807, 2.05) is 24.3 Å². The Morgan fingerprint density at radius 2 is 1.84 bits per heavy atom. The van der Waals surface area contributed by atoms with Crippen LogP contribution in [0, 0.1) is 11.6 Å². The van der Waals surface area contributed by atoms with Gasteiger partial charge in [-0.3, -0.25) is 4.79 Å². The molecule has 6 heteroatoms. The minimum absolute atomic E-state index is 0.342. The first-order valence-corrected chi connectivity index (χ1v) is 7.97. The predicted molar refractivity (Wildman–Crippen MR) is 86.8 cm³/mol. The van der Waals surface area contributed by atoms with Gasteiger partial charge in [-0.2, -0.15) is 0 Å². The molecule has 1 aliphatic heterocycles. The molecule has 0 bridgehead atoms. The largest absolute Gasteiger partial charge is 0.449 e. The quantitative estimate of drug-likeness (QED) is 0.803. The van der Waals surface area contributed by atoms with Gasteiger partial charge in [0.15, 0.2) is 6.10 Å². The molecule has 25 heavy (non-hydrogen) atoms. The number of carbonyl (C=O) groups excluding carboxylic acids is 2. The SMILES string of the molecule is CC(OC(=O)c1ccc(F)cc1F)C(=O)N1CCc2ccccc2C1. The Hall–Kier alpha value is -2.76. The van der Waals surface area contributed by atoms with Gasteiger partial charge in [-0.1, -0.05) is 24.3 Å². The van der Waals surface area contributed by atoms with Gasteiger partial charge in [0.1, 0.15) is 11.6 Å². The third-order valence-electron chi connectivity index (χ3n) is 4.22. The van der Waals surface area contributed by atoms with Crippen molar-refractivity contribution < 1.29 is 23.1 Å². The van der Waals surface area contributed by atoms with Gasteiger partial charge in [0.25, 0.3) is 5.91 Å². The van der Waals surface area contributed by atoms with Crippen LogP contribution in [0.1, 0.15) is 28.4 Å². The lowest BCUT2D eigenvalue weighted by Crippen LogP contribution is -2.42. The number of ether oxygens (including phenoxy) is 1. The number of carbonyl (C=O) groups is 2. The molecule has 1 unspecified atom stereocenters. The molecular weight excluding hydrogens is 328 g/mol. The molecule has 1 atom stereocenters. The Kier molecular flexibility index (Phi) is 4.79. The van der Waals surface area contributed by atoms with Crippen LogP contribution in [0.4, 0.5) is 8.78 Å². The zero-order valence-corrected chi connectivity index (χ0v) is 13.7. The fourth-order valence-corrected chi connectivity index (χ4v) is 2.87. The van der Waals surface area contributed by atoms with Crippen LogP contribution in [0.15, 0.2) is 42.5 Å². The molecule has 2 aromatic carbocycles. The maximum Gasteiger partial charge on any atom is 0.341 e. The van der Waals surface area contributed by atoms with Gasteiger partial charge in [-0.05, 0) is 36.6 Å². The van der Waals surface area contributed by atoms with Crippen LogP contribution < -0.4 is 0 Å². The van der Waals surface area contributed by atoms with E-state index in [1.165, 1.54) is 12.5 Å². The molecule has 0 aliphatic carbocycles. The molecule has 0 saturated heterocycles. The topological polar surface area (TPSA) is 46.6 Å². The Labute approximate surface area is 144 Å². The van der Waals surface area contributed by atoms with Crippen LogP contribution in [0.3, 0.4) is 0 Å². The number of nitrogens with zero attached hydrogens (tertiary/aromatic N) is 1. The van der Waals surface area contributed by atoms with Crippen LogP contribution in [-0.4, -0.2) is 29.4 Å². The summed E-state index contributed by atoms with van der Waals surface area (Å²) in [4.78, 5) is 26.1. The van der Waals surface area contributed by atoms with Gasteiger partial charge >= 0.3 is 5.97 Å². The molecule has 2 aromatic rings. The second-order valence-electron chi connectivity index (χ2n) is 5.95. The average molecular weight is 345 g/mol. The predicted octanol–water partition coefficient (Wildman–Crippen LogP) is 3.10. The lowest BCUT2D eigenvalue weighted by atomic mass is 9.99. The number of halogens is 2. The van der Waals surface area contributed by atoms with E-state index in [2.05, 4.69) is 0 Å². The van der Waals surface area contributed by atoms with Crippen LogP contribution in [0.25, 0.3) is 0 Å². The summed E-state index contributed by atoms with van der Waals surface area (Å²) in [5, 5.41) is 0. The van der Waals surface area contributed by atoms with E-state index < -0.39 is 29.3 Å². The second-order valence-corrected chi connectivity index (χ2v) is 5.95. The summed E-state index contributed by atoms with van der Waals surface area (Å²) in [6.07, 6.45) is -0.322. The van der Waals surface area contributed by atoms with Crippen LogP contribution >= 0.6 is 0 Å². The lowest BCUT2D eigenvalue weighted by Gasteiger charge is -2.30. The van der Waals surface area contributed by atoms with E-state index in [1.54, 1.807) is 4.90 Å². The van der Waals surface area contributed by atoms with E-state index in [-0.39, 0.29) is 5.91 Å². The number of amides is 1. The maximum atomic E-state index is 13.6. The van der Waals surface area contributed by atoms with Crippen molar-refractivity contribution in [2.24, 2.45) is 0 Å². The van der Waals surface area contributed by atoms with E-state index in [0.29, 0.717) is 19.2 Å². The minimum Gasteiger partial charge on any atom is -0.449 e. The Balaban J connectivity index is 1.66.